The molecule has 0 fully saturated rings. The van der Waals surface area contributed by atoms with Crippen LogP contribution in [0.2, 0.25) is 0 Å². The maximum atomic E-state index is 10.9. The van der Waals surface area contributed by atoms with Gasteiger partial charge in [-0.1, -0.05) is 32.0 Å². The van der Waals surface area contributed by atoms with Gasteiger partial charge in [-0.2, -0.15) is 8.42 Å². The monoisotopic (exact) mass is 276 g/mol. The molecule has 0 aliphatic carbocycles. The highest BCUT2D eigenvalue weighted by atomic mass is 32.2. The zero-order chi connectivity index (χ0) is 14.3. The van der Waals surface area contributed by atoms with Gasteiger partial charge in [-0.3, -0.25) is 4.55 Å². The average molecular weight is 276 g/mol. The topological polar surface area (TPSA) is 94.8 Å². The van der Waals surface area contributed by atoms with Crippen LogP contribution in [-0.2, 0) is 10.1 Å². The molecule has 0 saturated carbocycles. The molecule has 0 spiro atoms. The van der Waals surface area contributed by atoms with Crippen molar-refractivity contribution in [2.45, 2.75) is 37.7 Å². The molecule has 1 aromatic carbocycles. The van der Waals surface area contributed by atoms with Crippen molar-refractivity contribution in [3.8, 4) is 0 Å². The molecule has 18 heavy (non-hydrogen) atoms. The van der Waals surface area contributed by atoms with E-state index in [1.165, 1.54) is 13.0 Å². The number of hydrogen-bond acceptors (Lipinski definition) is 4. The maximum absolute atomic E-state index is 10.9. The Morgan fingerprint density at radius 1 is 1.17 bits per heavy atom. The Balaban J connectivity index is 0.000000494. The number of hydrogen-bond donors (Lipinski definition) is 3. The van der Waals surface area contributed by atoms with Gasteiger partial charge in [0, 0.05) is 0 Å². The van der Waals surface area contributed by atoms with Crippen LogP contribution >= 0.6 is 0 Å². The van der Waals surface area contributed by atoms with Gasteiger partial charge < -0.3 is 10.2 Å². The fourth-order valence-electron chi connectivity index (χ4n) is 1.19. The molecule has 0 aromatic heterocycles. The van der Waals surface area contributed by atoms with Gasteiger partial charge in [0.2, 0.25) is 0 Å². The van der Waals surface area contributed by atoms with Gasteiger partial charge in [0.25, 0.3) is 10.1 Å². The molecule has 1 atom stereocenters. The van der Waals surface area contributed by atoms with Gasteiger partial charge in [-0.05, 0) is 24.5 Å². The standard InChI is InChI=1S/C9H12O3S.C3H8O2/c1-7(2)8-5-3-4-6-9(8)13(10,11)12;1-3(5)2-4/h3-7H,1-2H3,(H,10,11,12);3-5H,2H2,1H3. The van der Waals surface area contributed by atoms with E-state index in [-0.39, 0.29) is 17.4 Å². The van der Waals surface area contributed by atoms with E-state index in [0.717, 1.165) is 0 Å². The molecule has 0 aliphatic heterocycles. The van der Waals surface area contributed by atoms with Gasteiger partial charge in [0.05, 0.1) is 17.6 Å². The van der Waals surface area contributed by atoms with E-state index in [1.807, 2.05) is 13.8 Å². The Bertz CT molecular complexity index is 451. The first-order valence-corrected chi connectivity index (χ1v) is 6.99. The third-order valence-electron chi connectivity index (χ3n) is 2.08. The first-order chi connectivity index (χ1) is 8.20. The van der Waals surface area contributed by atoms with Crippen molar-refractivity contribution in [2.75, 3.05) is 6.61 Å². The van der Waals surface area contributed by atoms with Crippen molar-refractivity contribution in [1.82, 2.24) is 0 Å². The van der Waals surface area contributed by atoms with Crippen LogP contribution in [0.1, 0.15) is 32.3 Å². The fraction of sp³-hybridized carbons (Fsp3) is 0.500. The number of rotatable bonds is 3. The number of benzene rings is 1. The smallest absolute Gasteiger partial charge is 0.294 e. The predicted molar refractivity (Wildman–Crippen MR) is 69.1 cm³/mol. The third kappa shape index (κ3) is 6.11. The zero-order valence-corrected chi connectivity index (χ0v) is 11.6. The number of aliphatic hydroxyl groups excluding tert-OH is 2. The summed E-state index contributed by atoms with van der Waals surface area (Å²) >= 11 is 0. The molecule has 5 nitrogen and oxygen atoms in total. The van der Waals surface area contributed by atoms with Crippen LogP contribution in [0.5, 0.6) is 0 Å². The Kier molecular flexibility index (Phi) is 7.08. The van der Waals surface area contributed by atoms with E-state index in [9.17, 15) is 8.42 Å². The van der Waals surface area contributed by atoms with Gasteiger partial charge in [0.15, 0.2) is 0 Å². The molecule has 1 unspecified atom stereocenters. The first-order valence-electron chi connectivity index (χ1n) is 5.55. The van der Waals surface area contributed by atoms with Crippen molar-refractivity contribution in [1.29, 1.82) is 0 Å². The highest BCUT2D eigenvalue weighted by molar-refractivity contribution is 7.85. The molecule has 0 saturated heterocycles. The van der Waals surface area contributed by atoms with Crippen molar-refractivity contribution < 1.29 is 23.2 Å². The van der Waals surface area contributed by atoms with Crippen LogP contribution in [0.4, 0.5) is 0 Å². The summed E-state index contributed by atoms with van der Waals surface area (Å²) in [6.07, 6.45) is -0.560. The summed E-state index contributed by atoms with van der Waals surface area (Å²) in [7, 11) is -4.08. The average Bonchev–Trinajstić information content (AvgIpc) is 2.28. The highest BCUT2D eigenvalue weighted by Crippen LogP contribution is 2.22. The van der Waals surface area contributed by atoms with Crippen LogP contribution < -0.4 is 0 Å². The highest BCUT2D eigenvalue weighted by Gasteiger charge is 2.15. The first kappa shape index (κ1) is 17.1. The quantitative estimate of drug-likeness (QED) is 0.726. The summed E-state index contributed by atoms with van der Waals surface area (Å²) in [6.45, 7) is 5.15. The molecule has 1 aromatic rings. The molecular formula is C12H20O5S. The Hall–Kier alpha value is -0.950. The van der Waals surface area contributed by atoms with E-state index >= 15 is 0 Å². The molecule has 1 rings (SSSR count). The lowest BCUT2D eigenvalue weighted by atomic mass is 10.0. The van der Waals surface area contributed by atoms with Gasteiger partial charge in [-0.15, -0.1) is 0 Å². The fourth-order valence-corrected chi connectivity index (χ4v) is 2.04. The molecule has 3 N–H and O–H groups in total. The minimum Gasteiger partial charge on any atom is -0.394 e. The molecular weight excluding hydrogens is 256 g/mol. The molecule has 0 radical (unpaired) electrons. The molecule has 104 valence electrons. The molecule has 0 amide bonds. The van der Waals surface area contributed by atoms with Crippen LogP contribution in [0.15, 0.2) is 29.2 Å². The Labute approximate surface area is 108 Å². The second kappa shape index (κ2) is 7.48. The third-order valence-corrected chi connectivity index (χ3v) is 3.01. The maximum Gasteiger partial charge on any atom is 0.294 e. The zero-order valence-electron chi connectivity index (χ0n) is 10.7. The van der Waals surface area contributed by atoms with Crippen LogP contribution in [0.3, 0.4) is 0 Å². The van der Waals surface area contributed by atoms with E-state index < -0.39 is 16.2 Å². The van der Waals surface area contributed by atoms with Crippen molar-refractivity contribution in [2.24, 2.45) is 0 Å². The summed E-state index contributed by atoms with van der Waals surface area (Å²) in [5.74, 6) is 0.0816. The lowest BCUT2D eigenvalue weighted by Crippen LogP contribution is -2.03. The SMILES string of the molecule is CC(C)c1ccccc1S(=O)(=O)O.CC(O)CO. The van der Waals surface area contributed by atoms with Crippen molar-refractivity contribution in [3.05, 3.63) is 29.8 Å². The minimum absolute atomic E-state index is 0.00463. The summed E-state index contributed by atoms with van der Waals surface area (Å²) in [5.41, 5.74) is 0.644. The summed E-state index contributed by atoms with van der Waals surface area (Å²) in [5, 5.41) is 16.0. The largest absolute Gasteiger partial charge is 0.394 e. The predicted octanol–water partition coefficient (Wildman–Crippen LogP) is 1.42. The summed E-state index contributed by atoms with van der Waals surface area (Å²) in [6, 6.07) is 6.46. The van der Waals surface area contributed by atoms with Crippen molar-refractivity contribution in [3.63, 3.8) is 0 Å². The molecule has 0 heterocycles. The second-order valence-electron chi connectivity index (χ2n) is 4.20. The lowest BCUT2D eigenvalue weighted by molar-refractivity contribution is 0.110. The minimum atomic E-state index is -4.08. The Morgan fingerprint density at radius 3 is 1.89 bits per heavy atom. The van der Waals surface area contributed by atoms with E-state index in [1.54, 1.807) is 18.2 Å². The van der Waals surface area contributed by atoms with E-state index in [2.05, 4.69) is 0 Å². The van der Waals surface area contributed by atoms with Crippen LogP contribution in [0, 0.1) is 0 Å². The van der Waals surface area contributed by atoms with Crippen LogP contribution in [0.25, 0.3) is 0 Å². The van der Waals surface area contributed by atoms with E-state index in [4.69, 9.17) is 14.8 Å². The van der Waals surface area contributed by atoms with E-state index in [0.29, 0.717) is 5.56 Å². The van der Waals surface area contributed by atoms with Crippen LogP contribution in [-0.4, -0.2) is 35.9 Å². The summed E-state index contributed by atoms with van der Waals surface area (Å²) in [4.78, 5) is 0.00463. The molecule has 0 aliphatic rings. The lowest BCUT2D eigenvalue weighted by Gasteiger charge is -2.09. The second-order valence-corrected chi connectivity index (χ2v) is 5.59. The van der Waals surface area contributed by atoms with Crippen molar-refractivity contribution >= 4 is 10.1 Å². The van der Waals surface area contributed by atoms with Gasteiger partial charge >= 0.3 is 0 Å². The Morgan fingerprint density at radius 2 is 1.61 bits per heavy atom. The van der Waals surface area contributed by atoms with Gasteiger partial charge in [0.1, 0.15) is 0 Å². The summed E-state index contributed by atoms with van der Waals surface area (Å²) < 4.78 is 30.7. The molecule has 0 bridgehead atoms. The van der Waals surface area contributed by atoms with Gasteiger partial charge in [-0.25, -0.2) is 0 Å². The number of aliphatic hydroxyl groups is 2. The normalized spacial score (nSPS) is 12.8. The molecule has 6 heteroatoms.